The molecular weight excluding hydrogens is 392 g/mol. The molecule has 2 aromatic heterocycles. The smallest absolute Gasteiger partial charge is 0.271 e. The molecule has 0 saturated heterocycles. The highest BCUT2D eigenvalue weighted by Crippen LogP contribution is 2.25. The summed E-state index contributed by atoms with van der Waals surface area (Å²) in [7, 11) is 0. The molecule has 1 N–H and O–H groups in total. The van der Waals surface area contributed by atoms with Gasteiger partial charge in [-0.05, 0) is 29.3 Å². The van der Waals surface area contributed by atoms with Gasteiger partial charge in [-0.1, -0.05) is 48.0 Å². The van der Waals surface area contributed by atoms with Crippen molar-refractivity contribution < 1.29 is 4.79 Å². The monoisotopic (exact) mass is 408 g/mol. The summed E-state index contributed by atoms with van der Waals surface area (Å²) in [6, 6.07) is 17.3. The molecule has 140 valence electrons. The fourth-order valence-corrected chi connectivity index (χ4v) is 3.75. The summed E-state index contributed by atoms with van der Waals surface area (Å²) >= 11 is 7.36. The molecule has 1 amide bonds. The van der Waals surface area contributed by atoms with Gasteiger partial charge in [-0.3, -0.25) is 9.48 Å². The van der Waals surface area contributed by atoms with Crippen molar-refractivity contribution in [2.45, 2.75) is 13.1 Å². The minimum atomic E-state index is -0.189. The van der Waals surface area contributed by atoms with Crippen molar-refractivity contribution in [3.8, 4) is 10.6 Å². The first-order chi connectivity index (χ1) is 13.7. The van der Waals surface area contributed by atoms with Crippen LogP contribution >= 0.6 is 22.9 Å². The van der Waals surface area contributed by atoms with E-state index in [9.17, 15) is 4.79 Å². The van der Waals surface area contributed by atoms with Crippen LogP contribution in [0, 0.1) is 0 Å². The van der Waals surface area contributed by atoms with Crippen LogP contribution in [0.5, 0.6) is 0 Å². The molecular formula is C21H17ClN4OS. The van der Waals surface area contributed by atoms with Crippen molar-refractivity contribution in [3.05, 3.63) is 94.2 Å². The number of nitrogens with one attached hydrogen (secondary N) is 1. The van der Waals surface area contributed by atoms with Gasteiger partial charge in [0, 0.05) is 34.9 Å². The van der Waals surface area contributed by atoms with Gasteiger partial charge in [0.05, 0.1) is 6.54 Å². The Kier molecular flexibility index (Phi) is 5.50. The summed E-state index contributed by atoms with van der Waals surface area (Å²) in [4.78, 5) is 17.0. The maximum atomic E-state index is 12.5. The first-order valence-electron chi connectivity index (χ1n) is 8.73. The molecule has 2 aromatic carbocycles. The quantitative estimate of drug-likeness (QED) is 0.505. The van der Waals surface area contributed by atoms with Crippen molar-refractivity contribution in [1.29, 1.82) is 0 Å². The summed E-state index contributed by atoms with van der Waals surface area (Å²) in [5, 5.41) is 10.4. The molecule has 5 nitrogen and oxygen atoms in total. The van der Waals surface area contributed by atoms with Crippen LogP contribution in [0.25, 0.3) is 10.6 Å². The number of hydrogen-bond acceptors (Lipinski definition) is 4. The molecule has 0 fully saturated rings. The third kappa shape index (κ3) is 4.30. The average molecular weight is 409 g/mol. The van der Waals surface area contributed by atoms with Crippen LogP contribution in [0.4, 0.5) is 0 Å². The summed E-state index contributed by atoms with van der Waals surface area (Å²) < 4.78 is 1.86. The van der Waals surface area contributed by atoms with Crippen LogP contribution < -0.4 is 5.32 Å². The number of amides is 1. The van der Waals surface area contributed by atoms with Gasteiger partial charge in [0.2, 0.25) is 0 Å². The molecule has 4 rings (SSSR count). The van der Waals surface area contributed by atoms with E-state index < -0.39 is 0 Å². The molecule has 0 bridgehead atoms. The molecule has 7 heteroatoms. The summed E-state index contributed by atoms with van der Waals surface area (Å²) in [5.74, 6) is -0.189. The molecule has 0 saturated carbocycles. The van der Waals surface area contributed by atoms with Crippen molar-refractivity contribution in [2.75, 3.05) is 0 Å². The van der Waals surface area contributed by atoms with E-state index in [1.54, 1.807) is 11.6 Å². The summed E-state index contributed by atoms with van der Waals surface area (Å²) in [5.41, 5.74) is 3.53. The maximum Gasteiger partial charge on any atom is 0.271 e. The minimum Gasteiger partial charge on any atom is -0.347 e. The number of carbonyl (C=O) groups excluding carboxylic acids is 1. The lowest BCUT2D eigenvalue weighted by atomic mass is 10.1. The fourth-order valence-electron chi connectivity index (χ4n) is 2.82. The molecule has 0 radical (unpaired) electrons. The van der Waals surface area contributed by atoms with Gasteiger partial charge < -0.3 is 5.32 Å². The van der Waals surface area contributed by atoms with E-state index in [0.717, 1.165) is 21.7 Å². The lowest BCUT2D eigenvalue weighted by Crippen LogP contribution is -2.24. The average Bonchev–Trinajstić information content (AvgIpc) is 3.40. The Morgan fingerprint density at radius 1 is 1.07 bits per heavy atom. The lowest BCUT2D eigenvalue weighted by molar-refractivity contribution is 0.0946. The third-order valence-corrected chi connectivity index (χ3v) is 5.42. The third-order valence-electron chi connectivity index (χ3n) is 4.28. The Hall–Kier alpha value is -2.96. The first-order valence-corrected chi connectivity index (χ1v) is 9.99. The largest absolute Gasteiger partial charge is 0.347 e. The van der Waals surface area contributed by atoms with Crippen molar-refractivity contribution >= 4 is 28.8 Å². The second-order valence-electron chi connectivity index (χ2n) is 6.20. The topological polar surface area (TPSA) is 59.8 Å². The summed E-state index contributed by atoms with van der Waals surface area (Å²) in [6.45, 7) is 1.10. The number of thiazole rings is 1. The highest BCUT2D eigenvalue weighted by atomic mass is 35.5. The minimum absolute atomic E-state index is 0.189. The van der Waals surface area contributed by atoms with Crippen LogP contribution in [-0.4, -0.2) is 20.7 Å². The Balaban J connectivity index is 1.43. The molecule has 4 aromatic rings. The van der Waals surface area contributed by atoms with E-state index in [1.807, 2.05) is 65.5 Å². The van der Waals surface area contributed by atoms with E-state index in [-0.39, 0.29) is 5.91 Å². The van der Waals surface area contributed by atoms with Crippen LogP contribution in [-0.2, 0) is 13.1 Å². The highest BCUT2D eigenvalue weighted by molar-refractivity contribution is 7.13. The summed E-state index contributed by atoms with van der Waals surface area (Å²) in [6.07, 6.45) is 3.67. The van der Waals surface area contributed by atoms with Crippen LogP contribution in [0.15, 0.2) is 72.4 Å². The van der Waals surface area contributed by atoms with Gasteiger partial charge in [-0.15, -0.1) is 11.3 Å². The van der Waals surface area contributed by atoms with Gasteiger partial charge in [0.25, 0.3) is 5.91 Å². The lowest BCUT2D eigenvalue weighted by Gasteiger charge is -2.10. The van der Waals surface area contributed by atoms with Crippen molar-refractivity contribution in [3.63, 3.8) is 0 Å². The van der Waals surface area contributed by atoms with E-state index in [1.165, 1.54) is 11.3 Å². The molecule has 0 aliphatic carbocycles. The standard InChI is InChI=1S/C21H17ClN4OS/c22-18-8-6-15(7-9-18)21-25-19(14-28-21)20(27)23-12-16-4-1-2-5-17(16)13-26-11-3-10-24-26/h1-11,14H,12-13H2,(H,23,27). The molecule has 0 aliphatic rings. The Morgan fingerprint density at radius 2 is 1.86 bits per heavy atom. The SMILES string of the molecule is O=C(NCc1ccccc1Cn1cccn1)c1csc(-c2ccc(Cl)cc2)n1. The molecule has 0 atom stereocenters. The zero-order valence-corrected chi connectivity index (χ0v) is 16.5. The number of rotatable bonds is 6. The first kappa shape index (κ1) is 18.4. The second-order valence-corrected chi connectivity index (χ2v) is 7.49. The van der Waals surface area contributed by atoms with Crippen LogP contribution in [0.2, 0.25) is 5.02 Å². The number of halogens is 1. The van der Waals surface area contributed by atoms with Gasteiger partial charge >= 0.3 is 0 Å². The molecule has 0 spiro atoms. The Bertz CT molecular complexity index is 1070. The fraction of sp³-hybridized carbons (Fsp3) is 0.0952. The Labute approximate surface area is 171 Å². The number of hydrogen-bond donors (Lipinski definition) is 1. The number of carbonyl (C=O) groups is 1. The molecule has 0 unspecified atom stereocenters. The van der Waals surface area contributed by atoms with Gasteiger partial charge in [-0.2, -0.15) is 5.10 Å². The number of benzene rings is 2. The van der Waals surface area contributed by atoms with Gasteiger partial charge in [0.15, 0.2) is 0 Å². The van der Waals surface area contributed by atoms with E-state index in [4.69, 9.17) is 11.6 Å². The zero-order valence-electron chi connectivity index (χ0n) is 14.9. The number of nitrogens with zero attached hydrogens (tertiary/aromatic N) is 3. The zero-order chi connectivity index (χ0) is 19.3. The van der Waals surface area contributed by atoms with E-state index >= 15 is 0 Å². The van der Waals surface area contributed by atoms with E-state index in [2.05, 4.69) is 15.4 Å². The predicted molar refractivity (Wildman–Crippen MR) is 112 cm³/mol. The van der Waals surface area contributed by atoms with Crippen LogP contribution in [0.3, 0.4) is 0 Å². The van der Waals surface area contributed by atoms with Crippen molar-refractivity contribution in [1.82, 2.24) is 20.1 Å². The maximum absolute atomic E-state index is 12.5. The highest BCUT2D eigenvalue weighted by Gasteiger charge is 2.12. The number of aromatic nitrogens is 3. The van der Waals surface area contributed by atoms with Crippen LogP contribution in [0.1, 0.15) is 21.6 Å². The normalized spacial score (nSPS) is 10.8. The van der Waals surface area contributed by atoms with Crippen molar-refractivity contribution in [2.24, 2.45) is 0 Å². The predicted octanol–water partition coefficient (Wildman–Crippen LogP) is 4.64. The van der Waals surface area contributed by atoms with Gasteiger partial charge in [0.1, 0.15) is 10.7 Å². The molecule has 28 heavy (non-hydrogen) atoms. The van der Waals surface area contributed by atoms with Gasteiger partial charge in [-0.25, -0.2) is 4.98 Å². The van der Waals surface area contributed by atoms with E-state index in [0.29, 0.717) is 23.8 Å². The Morgan fingerprint density at radius 3 is 2.61 bits per heavy atom. The molecule has 0 aliphatic heterocycles. The second kappa shape index (κ2) is 8.37. The molecule has 2 heterocycles.